The molecule has 25 heavy (non-hydrogen) atoms. The molecule has 5 heteroatoms. The normalized spacial score (nSPS) is 16.9. The van der Waals surface area contributed by atoms with E-state index >= 15 is 0 Å². The van der Waals surface area contributed by atoms with Crippen LogP contribution in [0.15, 0.2) is 54.6 Å². The van der Waals surface area contributed by atoms with Gasteiger partial charge in [0.25, 0.3) is 11.8 Å². The van der Waals surface area contributed by atoms with Gasteiger partial charge in [0.2, 0.25) is 0 Å². The van der Waals surface area contributed by atoms with Gasteiger partial charge in [0.05, 0.1) is 0 Å². The fraction of sp³-hybridized carbons (Fsp3) is 0.300. The highest BCUT2D eigenvalue weighted by Gasteiger charge is 2.34. The van der Waals surface area contributed by atoms with E-state index < -0.39 is 6.23 Å². The molecule has 2 aromatic rings. The van der Waals surface area contributed by atoms with Crippen LogP contribution < -0.4 is 10.2 Å². The summed E-state index contributed by atoms with van der Waals surface area (Å²) >= 11 is 0. The number of hydrogen-bond acceptors (Lipinski definition) is 3. The Morgan fingerprint density at radius 3 is 2.76 bits per heavy atom. The number of ether oxygens (including phenoxy) is 1. The minimum Gasteiger partial charge on any atom is -0.352 e. The van der Waals surface area contributed by atoms with Crippen LogP contribution in [0.25, 0.3) is 0 Å². The molecule has 0 aromatic heterocycles. The van der Waals surface area contributed by atoms with E-state index in [0.29, 0.717) is 12.1 Å². The average Bonchev–Trinajstić information content (AvgIpc) is 3.04. The number of unbranched alkanes of at least 4 members (excludes halogenated alkanes) is 1. The first-order valence-corrected chi connectivity index (χ1v) is 8.57. The molecule has 2 aromatic carbocycles. The van der Waals surface area contributed by atoms with Crippen LogP contribution in [-0.4, -0.2) is 25.0 Å². The number of hydrogen-bond donors (Lipinski definition) is 1. The molecule has 1 aliphatic heterocycles. The molecular weight excluding hydrogens is 316 g/mol. The van der Waals surface area contributed by atoms with Crippen LogP contribution in [0.2, 0.25) is 0 Å². The lowest BCUT2D eigenvalue weighted by Crippen LogP contribution is -2.28. The lowest BCUT2D eigenvalue weighted by molar-refractivity contribution is -0.117. The Labute approximate surface area is 147 Å². The van der Waals surface area contributed by atoms with Crippen molar-refractivity contribution in [1.29, 1.82) is 0 Å². The molecule has 0 radical (unpaired) electrons. The number of nitrogens with one attached hydrogen (secondary N) is 1. The van der Waals surface area contributed by atoms with Gasteiger partial charge in [-0.25, -0.2) is 0 Å². The molecule has 5 nitrogen and oxygen atoms in total. The number of amides is 2. The third-order valence-electron chi connectivity index (χ3n) is 4.15. The molecule has 0 saturated carbocycles. The summed E-state index contributed by atoms with van der Waals surface area (Å²) in [6.45, 7) is 2.78. The lowest BCUT2D eigenvalue weighted by Gasteiger charge is -2.23. The van der Waals surface area contributed by atoms with E-state index in [1.54, 1.807) is 17.0 Å². The molecule has 0 aliphatic carbocycles. The maximum Gasteiger partial charge on any atom is 0.255 e. The Morgan fingerprint density at radius 2 is 2.00 bits per heavy atom. The molecular formula is C20H22N2O3. The predicted octanol–water partition coefficient (Wildman–Crippen LogP) is 3.28. The maximum absolute atomic E-state index is 12.3. The Morgan fingerprint density at radius 1 is 1.20 bits per heavy atom. The molecule has 130 valence electrons. The molecule has 1 N–H and O–H groups in total. The number of para-hydroxylation sites is 1. The average molecular weight is 338 g/mol. The molecule has 1 saturated heterocycles. The van der Waals surface area contributed by atoms with Crippen LogP contribution in [0.5, 0.6) is 0 Å². The van der Waals surface area contributed by atoms with Gasteiger partial charge in [0.15, 0.2) is 6.23 Å². The van der Waals surface area contributed by atoms with E-state index in [0.717, 1.165) is 24.1 Å². The van der Waals surface area contributed by atoms with Crippen molar-refractivity contribution in [1.82, 2.24) is 5.32 Å². The van der Waals surface area contributed by atoms with Crippen molar-refractivity contribution in [3.05, 3.63) is 65.7 Å². The van der Waals surface area contributed by atoms with Gasteiger partial charge < -0.3 is 10.1 Å². The Balaban J connectivity index is 1.82. The largest absolute Gasteiger partial charge is 0.352 e. The molecule has 2 amide bonds. The topological polar surface area (TPSA) is 58.6 Å². The van der Waals surface area contributed by atoms with Gasteiger partial charge in [0.1, 0.15) is 6.61 Å². The number of carbonyl (C=O) groups is 2. The SMILES string of the molecule is CCCCNC(=O)c1cccc(C2OCC(=O)N2c2ccccc2)c1. The number of carbonyl (C=O) groups excluding carboxylic acids is 2. The Kier molecular flexibility index (Phi) is 5.46. The summed E-state index contributed by atoms with van der Waals surface area (Å²) < 4.78 is 5.70. The van der Waals surface area contributed by atoms with Crippen molar-refractivity contribution in [3.63, 3.8) is 0 Å². The minimum atomic E-state index is -0.515. The highest BCUT2D eigenvalue weighted by molar-refractivity contribution is 5.97. The second-order valence-electron chi connectivity index (χ2n) is 6.00. The van der Waals surface area contributed by atoms with Crippen molar-refractivity contribution in [2.45, 2.75) is 26.0 Å². The summed E-state index contributed by atoms with van der Waals surface area (Å²) in [5, 5.41) is 2.91. The van der Waals surface area contributed by atoms with Gasteiger partial charge >= 0.3 is 0 Å². The number of benzene rings is 2. The standard InChI is InChI=1S/C20H22N2O3/c1-2-3-12-21-19(24)15-8-7-9-16(13-15)20-22(18(23)14-25-20)17-10-5-4-6-11-17/h4-11,13,20H,2-3,12,14H2,1H3,(H,21,24). The van der Waals surface area contributed by atoms with Crippen molar-refractivity contribution in [3.8, 4) is 0 Å². The van der Waals surface area contributed by atoms with Gasteiger partial charge in [-0.1, -0.05) is 43.7 Å². The summed E-state index contributed by atoms with van der Waals surface area (Å²) in [5.74, 6) is -0.195. The van der Waals surface area contributed by atoms with Gasteiger partial charge in [0, 0.05) is 23.4 Å². The molecule has 0 spiro atoms. The Bertz CT molecular complexity index is 746. The zero-order valence-corrected chi connectivity index (χ0v) is 14.3. The molecule has 1 atom stereocenters. The maximum atomic E-state index is 12.3. The Hall–Kier alpha value is -2.66. The van der Waals surface area contributed by atoms with E-state index in [1.165, 1.54) is 0 Å². The van der Waals surface area contributed by atoms with Crippen LogP contribution in [0.1, 0.15) is 41.9 Å². The zero-order chi connectivity index (χ0) is 17.6. The number of nitrogens with zero attached hydrogens (tertiary/aromatic N) is 1. The van der Waals surface area contributed by atoms with Crippen LogP contribution in [0, 0.1) is 0 Å². The summed E-state index contributed by atoms with van der Waals surface area (Å²) in [5.41, 5.74) is 2.15. The second-order valence-corrected chi connectivity index (χ2v) is 6.00. The summed E-state index contributed by atoms with van der Waals surface area (Å²) in [6, 6.07) is 16.7. The quantitative estimate of drug-likeness (QED) is 0.822. The van der Waals surface area contributed by atoms with Crippen LogP contribution in [0.4, 0.5) is 5.69 Å². The van der Waals surface area contributed by atoms with E-state index in [9.17, 15) is 9.59 Å². The third kappa shape index (κ3) is 3.88. The van der Waals surface area contributed by atoms with Gasteiger partial charge in [-0.2, -0.15) is 0 Å². The number of rotatable bonds is 6. The zero-order valence-electron chi connectivity index (χ0n) is 14.3. The fourth-order valence-electron chi connectivity index (χ4n) is 2.85. The molecule has 1 aliphatic rings. The summed E-state index contributed by atoms with van der Waals surface area (Å²) in [4.78, 5) is 26.2. The van der Waals surface area contributed by atoms with Crippen LogP contribution in [-0.2, 0) is 9.53 Å². The molecule has 0 bridgehead atoms. The van der Waals surface area contributed by atoms with E-state index in [1.807, 2.05) is 42.5 Å². The summed E-state index contributed by atoms with van der Waals surface area (Å²) in [7, 11) is 0. The van der Waals surface area contributed by atoms with E-state index in [4.69, 9.17) is 4.74 Å². The first-order valence-electron chi connectivity index (χ1n) is 8.57. The second kappa shape index (κ2) is 7.94. The third-order valence-corrected chi connectivity index (χ3v) is 4.15. The monoisotopic (exact) mass is 338 g/mol. The molecule has 3 rings (SSSR count). The van der Waals surface area contributed by atoms with E-state index in [-0.39, 0.29) is 18.4 Å². The van der Waals surface area contributed by atoms with Crippen molar-refractivity contribution >= 4 is 17.5 Å². The van der Waals surface area contributed by atoms with Crippen LogP contribution in [0.3, 0.4) is 0 Å². The van der Waals surface area contributed by atoms with Gasteiger partial charge in [-0.3, -0.25) is 14.5 Å². The van der Waals surface area contributed by atoms with Crippen molar-refractivity contribution < 1.29 is 14.3 Å². The van der Waals surface area contributed by atoms with Crippen molar-refractivity contribution in [2.75, 3.05) is 18.1 Å². The first-order chi connectivity index (χ1) is 12.2. The fourth-order valence-corrected chi connectivity index (χ4v) is 2.85. The van der Waals surface area contributed by atoms with Gasteiger partial charge in [-0.15, -0.1) is 0 Å². The smallest absolute Gasteiger partial charge is 0.255 e. The van der Waals surface area contributed by atoms with Crippen molar-refractivity contribution in [2.24, 2.45) is 0 Å². The predicted molar refractivity (Wildman–Crippen MR) is 96.3 cm³/mol. The highest BCUT2D eigenvalue weighted by atomic mass is 16.5. The van der Waals surface area contributed by atoms with Gasteiger partial charge in [-0.05, 0) is 30.7 Å². The number of anilines is 1. The van der Waals surface area contributed by atoms with Crippen LogP contribution >= 0.6 is 0 Å². The first kappa shape index (κ1) is 17.2. The molecule has 1 fully saturated rings. The highest BCUT2D eigenvalue weighted by Crippen LogP contribution is 2.32. The van der Waals surface area contributed by atoms with E-state index in [2.05, 4.69) is 12.2 Å². The molecule has 1 unspecified atom stereocenters. The lowest BCUT2D eigenvalue weighted by atomic mass is 10.1. The minimum absolute atomic E-state index is 0.0342. The molecule has 1 heterocycles. The summed E-state index contributed by atoms with van der Waals surface area (Å²) in [6.07, 6.45) is 1.47.